The molecule has 1 heterocycles. The Labute approximate surface area is 170 Å². The van der Waals surface area contributed by atoms with Gasteiger partial charge in [-0.3, -0.25) is 4.79 Å². The molecule has 0 bridgehead atoms. The monoisotopic (exact) mass is 422 g/mol. The second-order valence-corrected chi connectivity index (χ2v) is 7.34. The molecule has 0 saturated carbocycles. The van der Waals surface area contributed by atoms with Gasteiger partial charge in [0.15, 0.2) is 11.0 Å². The average Bonchev–Trinajstić information content (AvgIpc) is 3.01. The van der Waals surface area contributed by atoms with Crippen LogP contribution in [0, 0.1) is 0 Å². The fraction of sp³-hybridized carbons (Fsp3) is 0.167. The van der Waals surface area contributed by atoms with E-state index in [4.69, 9.17) is 27.9 Å². The average molecular weight is 423 g/mol. The molecule has 3 aromatic rings. The lowest BCUT2D eigenvalue weighted by atomic mass is 10.2. The molecule has 0 radical (unpaired) electrons. The number of hydrogen-bond donors (Lipinski definition) is 1. The molecule has 0 aliphatic heterocycles. The first-order chi connectivity index (χ1) is 13.0. The summed E-state index contributed by atoms with van der Waals surface area (Å²) in [6.45, 7) is 0. The molecule has 9 heteroatoms. The zero-order valence-electron chi connectivity index (χ0n) is 14.6. The van der Waals surface area contributed by atoms with Crippen molar-refractivity contribution in [3.05, 3.63) is 52.5 Å². The summed E-state index contributed by atoms with van der Waals surface area (Å²) < 4.78 is 6.93. The molecule has 0 atom stereocenters. The number of rotatable bonds is 6. The van der Waals surface area contributed by atoms with Gasteiger partial charge in [0.1, 0.15) is 5.75 Å². The summed E-state index contributed by atoms with van der Waals surface area (Å²) >= 11 is 13.3. The van der Waals surface area contributed by atoms with Gasteiger partial charge in [-0.05, 0) is 42.5 Å². The van der Waals surface area contributed by atoms with Crippen LogP contribution >= 0.6 is 35.0 Å². The lowest BCUT2D eigenvalue weighted by Crippen LogP contribution is -2.14. The van der Waals surface area contributed by atoms with E-state index >= 15 is 0 Å². The molecule has 140 valence electrons. The van der Waals surface area contributed by atoms with Crippen LogP contribution in [0.2, 0.25) is 10.0 Å². The van der Waals surface area contributed by atoms with E-state index in [2.05, 4.69) is 15.5 Å². The van der Waals surface area contributed by atoms with Crippen molar-refractivity contribution < 1.29 is 9.53 Å². The third-order valence-electron chi connectivity index (χ3n) is 3.71. The first-order valence-corrected chi connectivity index (χ1v) is 9.63. The van der Waals surface area contributed by atoms with E-state index in [1.165, 1.54) is 18.9 Å². The van der Waals surface area contributed by atoms with E-state index in [9.17, 15) is 4.79 Å². The highest BCUT2D eigenvalue weighted by molar-refractivity contribution is 7.99. The number of anilines is 1. The summed E-state index contributed by atoms with van der Waals surface area (Å²) in [7, 11) is 3.39. The van der Waals surface area contributed by atoms with Crippen LogP contribution in [0.25, 0.3) is 11.4 Å². The number of halogens is 2. The van der Waals surface area contributed by atoms with Crippen LogP contribution in [0.15, 0.2) is 47.6 Å². The van der Waals surface area contributed by atoms with Gasteiger partial charge < -0.3 is 14.6 Å². The van der Waals surface area contributed by atoms with Gasteiger partial charge in [-0.1, -0.05) is 35.0 Å². The number of benzene rings is 2. The first-order valence-electron chi connectivity index (χ1n) is 7.89. The van der Waals surface area contributed by atoms with E-state index < -0.39 is 0 Å². The molecule has 0 fully saturated rings. The van der Waals surface area contributed by atoms with E-state index in [0.29, 0.717) is 32.5 Å². The fourth-order valence-electron chi connectivity index (χ4n) is 2.36. The quantitative estimate of drug-likeness (QED) is 0.590. The summed E-state index contributed by atoms with van der Waals surface area (Å²) in [4.78, 5) is 12.2. The number of amides is 1. The normalized spacial score (nSPS) is 10.7. The first kappa shape index (κ1) is 19.5. The summed E-state index contributed by atoms with van der Waals surface area (Å²) in [6, 6.07) is 12.4. The van der Waals surface area contributed by atoms with Crippen molar-refractivity contribution in [2.24, 2.45) is 7.05 Å². The van der Waals surface area contributed by atoms with Crippen LogP contribution in [-0.2, 0) is 11.8 Å². The lowest BCUT2D eigenvalue weighted by Gasteiger charge is -2.08. The minimum atomic E-state index is -0.169. The number of carbonyl (C=O) groups excluding carboxylic acids is 1. The maximum absolute atomic E-state index is 12.2. The number of nitrogens with one attached hydrogen (secondary N) is 1. The van der Waals surface area contributed by atoms with E-state index in [1.807, 2.05) is 23.7 Å². The van der Waals surface area contributed by atoms with Crippen molar-refractivity contribution in [1.29, 1.82) is 0 Å². The zero-order valence-corrected chi connectivity index (χ0v) is 16.9. The van der Waals surface area contributed by atoms with E-state index in [-0.39, 0.29) is 11.7 Å². The van der Waals surface area contributed by atoms with Crippen LogP contribution in [0.4, 0.5) is 5.69 Å². The van der Waals surface area contributed by atoms with Crippen molar-refractivity contribution in [3.8, 4) is 17.1 Å². The summed E-state index contributed by atoms with van der Waals surface area (Å²) in [5.74, 6) is 1.28. The highest BCUT2D eigenvalue weighted by Gasteiger charge is 2.13. The minimum Gasteiger partial charge on any atom is -0.495 e. The van der Waals surface area contributed by atoms with Gasteiger partial charge in [-0.25, -0.2) is 0 Å². The maximum atomic E-state index is 12.2. The molecule has 27 heavy (non-hydrogen) atoms. The van der Waals surface area contributed by atoms with Crippen LogP contribution in [0.5, 0.6) is 5.75 Å². The third kappa shape index (κ3) is 4.74. The summed E-state index contributed by atoms with van der Waals surface area (Å²) in [6.07, 6.45) is 0. The Kier molecular flexibility index (Phi) is 6.26. The molecule has 1 aromatic heterocycles. The van der Waals surface area contributed by atoms with Crippen LogP contribution in [0.1, 0.15) is 0 Å². The van der Waals surface area contributed by atoms with Crippen molar-refractivity contribution in [2.45, 2.75) is 5.16 Å². The smallest absolute Gasteiger partial charge is 0.234 e. The molecule has 0 aliphatic rings. The van der Waals surface area contributed by atoms with E-state index in [0.717, 1.165) is 5.56 Å². The largest absolute Gasteiger partial charge is 0.495 e. The standard InChI is InChI=1S/C18H16Cl2N4O2S/c1-24-17(11-3-5-12(19)6-4-11)22-23-18(24)27-10-16(25)21-13-7-8-15(26-2)14(20)9-13/h3-9H,10H2,1-2H3,(H,21,25). The molecule has 0 unspecified atom stereocenters. The zero-order chi connectivity index (χ0) is 19.4. The van der Waals surface area contributed by atoms with Crippen molar-refractivity contribution in [3.63, 3.8) is 0 Å². The SMILES string of the molecule is COc1ccc(NC(=O)CSc2nnc(-c3ccc(Cl)cc3)n2C)cc1Cl. The highest BCUT2D eigenvalue weighted by Crippen LogP contribution is 2.28. The Balaban J connectivity index is 1.62. The molecule has 0 saturated heterocycles. The lowest BCUT2D eigenvalue weighted by molar-refractivity contribution is -0.113. The van der Waals surface area contributed by atoms with Gasteiger partial charge in [0.25, 0.3) is 0 Å². The Morgan fingerprint density at radius 3 is 2.59 bits per heavy atom. The molecule has 3 rings (SSSR count). The molecule has 6 nitrogen and oxygen atoms in total. The van der Waals surface area contributed by atoms with Crippen LogP contribution in [-0.4, -0.2) is 33.5 Å². The van der Waals surface area contributed by atoms with Crippen molar-refractivity contribution in [1.82, 2.24) is 14.8 Å². The number of thioether (sulfide) groups is 1. The van der Waals surface area contributed by atoms with Gasteiger partial charge in [-0.2, -0.15) is 0 Å². The number of nitrogens with zero attached hydrogens (tertiary/aromatic N) is 3. The topological polar surface area (TPSA) is 69.0 Å². The fourth-order valence-corrected chi connectivity index (χ4v) is 3.46. The molecular formula is C18H16Cl2N4O2S. The molecule has 2 aromatic carbocycles. The highest BCUT2D eigenvalue weighted by atomic mass is 35.5. The van der Waals surface area contributed by atoms with Gasteiger partial charge in [0.05, 0.1) is 17.9 Å². The van der Waals surface area contributed by atoms with E-state index in [1.54, 1.807) is 30.3 Å². The summed E-state index contributed by atoms with van der Waals surface area (Å²) in [5, 5.41) is 12.9. The number of ether oxygens (including phenoxy) is 1. The number of carbonyl (C=O) groups is 1. The Bertz CT molecular complexity index is 960. The van der Waals surface area contributed by atoms with Gasteiger partial charge in [-0.15, -0.1) is 10.2 Å². The number of aromatic nitrogens is 3. The third-order valence-corrected chi connectivity index (χ3v) is 5.27. The van der Waals surface area contributed by atoms with Gasteiger partial charge in [0, 0.05) is 23.3 Å². The van der Waals surface area contributed by atoms with Crippen molar-refractivity contribution in [2.75, 3.05) is 18.2 Å². The molecular weight excluding hydrogens is 407 g/mol. The van der Waals surface area contributed by atoms with Crippen LogP contribution < -0.4 is 10.1 Å². The Morgan fingerprint density at radius 1 is 1.19 bits per heavy atom. The number of hydrogen-bond acceptors (Lipinski definition) is 5. The Hall–Kier alpha value is -2.22. The van der Waals surface area contributed by atoms with Crippen LogP contribution in [0.3, 0.4) is 0 Å². The molecule has 1 N–H and O–H groups in total. The molecule has 0 aliphatic carbocycles. The van der Waals surface area contributed by atoms with Gasteiger partial charge >= 0.3 is 0 Å². The second-order valence-electron chi connectivity index (χ2n) is 5.56. The number of methoxy groups -OCH3 is 1. The maximum Gasteiger partial charge on any atom is 0.234 e. The second kappa shape index (κ2) is 8.65. The van der Waals surface area contributed by atoms with Crippen molar-refractivity contribution >= 4 is 46.6 Å². The molecule has 1 amide bonds. The summed E-state index contributed by atoms with van der Waals surface area (Å²) in [5.41, 5.74) is 1.50. The predicted octanol–water partition coefficient (Wildman–Crippen LogP) is 4.53. The Morgan fingerprint density at radius 2 is 1.93 bits per heavy atom. The predicted molar refractivity (Wildman–Crippen MR) is 109 cm³/mol. The molecule has 0 spiro atoms. The van der Waals surface area contributed by atoms with Gasteiger partial charge in [0.2, 0.25) is 5.91 Å². The minimum absolute atomic E-state index is 0.169.